The first-order valence-electron chi connectivity index (χ1n) is 11.2. The van der Waals surface area contributed by atoms with Gasteiger partial charge in [-0.15, -0.1) is 20.4 Å². The van der Waals surface area contributed by atoms with E-state index in [9.17, 15) is 0 Å². The van der Waals surface area contributed by atoms with Crippen molar-refractivity contribution in [2.24, 2.45) is 0 Å². The van der Waals surface area contributed by atoms with E-state index < -0.39 is 0 Å². The summed E-state index contributed by atoms with van der Waals surface area (Å²) in [5, 5.41) is 29.0. The zero-order valence-corrected chi connectivity index (χ0v) is 20.5. The maximum absolute atomic E-state index is 4.78. The van der Waals surface area contributed by atoms with Crippen molar-refractivity contribution in [2.45, 2.75) is 39.5 Å². The van der Waals surface area contributed by atoms with E-state index >= 15 is 0 Å². The molecule has 0 aliphatic carbocycles. The molecule has 34 heavy (non-hydrogen) atoms. The van der Waals surface area contributed by atoms with Crippen LogP contribution in [0.15, 0.2) is 48.5 Å². The van der Waals surface area contributed by atoms with E-state index in [1.807, 2.05) is 33.3 Å². The Balaban J connectivity index is 1.11. The fourth-order valence-corrected chi connectivity index (χ4v) is 5.75. The van der Waals surface area contributed by atoms with E-state index in [1.165, 1.54) is 11.1 Å². The van der Waals surface area contributed by atoms with Gasteiger partial charge in [-0.1, -0.05) is 70.2 Å². The van der Waals surface area contributed by atoms with Gasteiger partial charge in [0.25, 0.3) is 0 Å². The average Bonchev–Trinajstić information content (AvgIpc) is 3.57. The molecule has 0 saturated carbocycles. The van der Waals surface area contributed by atoms with Gasteiger partial charge in [-0.05, 0) is 38.8 Å². The number of nitrogens with zero attached hydrogens (tertiary/aromatic N) is 8. The van der Waals surface area contributed by atoms with Crippen molar-refractivity contribution in [1.82, 2.24) is 39.6 Å². The van der Waals surface area contributed by atoms with Gasteiger partial charge in [0.1, 0.15) is 10.0 Å². The van der Waals surface area contributed by atoms with Crippen LogP contribution in [-0.4, -0.2) is 39.6 Å². The molecular formula is C24H22N8S2. The maximum Gasteiger partial charge on any atom is 0.234 e. The molecule has 2 aromatic carbocycles. The Bertz CT molecular complexity index is 1490. The predicted octanol–water partition coefficient (Wildman–Crippen LogP) is 5.20. The third-order valence-electron chi connectivity index (χ3n) is 5.65. The fraction of sp³-hybridized carbons (Fsp3) is 0.250. The minimum absolute atomic E-state index is 0.797. The molecule has 4 aromatic heterocycles. The first kappa shape index (κ1) is 21.1. The number of unbranched alkanes of at least 4 members (excludes halogenated alkanes) is 1. The molecule has 170 valence electrons. The van der Waals surface area contributed by atoms with Crippen LogP contribution in [0.5, 0.6) is 0 Å². The molecule has 0 saturated heterocycles. The van der Waals surface area contributed by atoms with E-state index in [0.29, 0.717) is 0 Å². The van der Waals surface area contributed by atoms with Crippen molar-refractivity contribution < 1.29 is 0 Å². The normalized spacial score (nSPS) is 11.7. The molecule has 0 atom stereocenters. The van der Waals surface area contributed by atoms with Crippen molar-refractivity contribution in [3.63, 3.8) is 0 Å². The minimum atomic E-state index is 0.797. The summed E-state index contributed by atoms with van der Waals surface area (Å²) in [6.45, 7) is 4.16. The van der Waals surface area contributed by atoms with E-state index in [-0.39, 0.29) is 0 Å². The Morgan fingerprint density at radius 2 is 1.12 bits per heavy atom. The maximum atomic E-state index is 4.78. The van der Waals surface area contributed by atoms with Gasteiger partial charge in [-0.25, -0.2) is 0 Å². The van der Waals surface area contributed by atoms with Gasteiger partial charge >= 0.3 is 0 Å². The van der Waals surface area contributed by atoms with E-state index in [1.54, 1.807) is 22.7 Å². The molecule has 4 heterocycles. The van der Waals surface area contributed by atoms with Crippen molar-refractivity contribution in [2.75, 3.05) is 0 Å². The molecule has 6 rings (SSSR count). The lowest BCUT2D eigenvalue weighted by Gasteiger charge is -1.99. The highest BCUT2D eigenvalue weighted by atomic mass is 32.1. The number of aromatic nitrogens is 8. The lowest BCUT2D eigenvalue weighted by Crippen LogP contribution is -1.95. The number of benzene rings is 2. The minimum Gasteiger partial charge on any atom is -0.183 e. The van der Waals surface area contributed by atoms with Crippen molar-refractivity contribution >= 4 is 32.6 Å². The zero-order chi connectivity index (χ0) is 23.1. The standard InChI is InChI=1S/C24H22N8S2/c1-15-7-5-9-17(13-15)21-25-27-23-31(21)29-19(33-23)11-3-4-12-20-30-32-22(26-28-24(32)34-20)18-10-6-8-16(2)14-18/h5-10,13-14H,3-4,11-12H2,1-2H3. The second-order valence-electron chi connectivity index (χ2n) is 8.37. The Hall–Kier alpha value is -3.50. The van der Waals surface area contributed by atoms with E-state index in [2.05, 4.69) is 58.5 Å². The molecule has 0 bridgehead atoms. The summed E-state index contributed by atoms with van der Waals surface area (Å²) in [6.07, 6.45) is 3.91. The van der Waals surface area contributed by atoms with Gasteiger partial charge in [-0.2, -0.15) is 19.2 Å². The molecule has 0 spiro atoms. The van der Waals surface area contributed by atoms with E-state index in [0.717, 1.165) is 68.4 Å². The highest BCUT2D eigenvalue weighted by Crippen LogP contribution is 2.25. The van der Waals surface area contributed by atoms with Crippen LogP contribution in [-0.2, 0) is 12.8 Å². The summed E-state index contributed by atoms with van der Waals surface area (Å²) in [5.41, 5.74) is 4.47. The Kier molecular flexibility index (Phi) is 5.39. The largest absolute Gasteiger partial charge is 0.234 e. The Morgan fingerprint density at radius 3 is 1.56 bits per heavy atom. The monoisotopic (exact) mass is 486 g/mol. The van der Waals surface area contributed by atoms with Crippen LogP contribution < -0.4 is 0 Å². The van der Waals surface area contributed by atoms with Crippen LogP contribution in [0, 0.1) is 13.8 Å². The topological polar surface area (TPSA) is 86.2 Å². The second kappa shape index (κ2) is 8.69. The van der Waals surface area contributed by atoms with Gasteiger partial charge in [0.15, 0.2) is 11.6 Å². The van der Waals surface area contributed by atoms with Crippen molar-refractivity contribution in [3.05, 3.63) is 69.7 Å². The molecular weight excluding hydrogens is 464 g/mol. The summed E-state index contributed by atoms with van der Waals surface area (Å²) in [7, 11) is 0. The van der Waals surface area contributed by atoms with Crippen LogP contribution in [0.4, 0.5) is 0 Å². The molecule has 8 nitrogen and oxygen atoms in total. The lowest BCUT2D eigenvalue weighted by atomic mass is 10.1. The van der Waals surface area contributed by atoms with Crippen LogP contribution in [0.3, 0.4) is 0 Å². The van der Waals surface area contributed by atoms with Crippen LogP contribution in [0.25, 0.3) is 32.7 Å². The fourth-order valence-electron chi connectivity index (χ4n) is 4.00. The van der Waals surface area contributed by atoms with Gasteiger partial charge in [0.05, 0.1) is 0 Å². The van der Waals surface area contributed by atoms with Crippen LogP contribution in [0.2, 0.25) is 0 Å². The summed E-state index contributed by atoms with van der Waals surface area (Å²) < 4.78 is 3.73. The first-order valence-corrected chi connectivity index (χ1v) is 12.8. The highest BCUT2D eigenvalue weighted by Gasteiger charge is 2.15. The number of hydrogen-bond donors (Lipinski definition) is 0. The van der Waals surface area contributed by atoms with Gasteiger partial charge in [0.2, 0.25) is 9.92 Å². The molecule has 0 unspecified atom stereocenters. The third-order valence-corrected chi connectivity index (χ3v) is 7.57. The van der Waals surface area contributed by atoms with Crippen LogP contribution >= 0.6 is 22.7 Å². The molecule has 0 fully saturated rings. The third kappa shape index (κ3) is 3.99. The highest BCUT2D eigenvalue weighted by molar-refractivity contribution is 7.17. The predicted molar refractivity (Wildman–Crippen MR) is 134 cm³/mol. The van der Waals surface area contributed by atoms with Gasteiger partial charge in [-0.3, -0.25) is 0 Å². The molecule has 0 N–H and O–H groups in total. The summed E-state index contributed by atoms with van der Waals surface area (Å²) in [4.78, 5) is 1.67. The van der Waals surface area contributed by atoms with Crippen molar-refractivity contribution in [3.8, 4) is 22.8 Å². The zero-order valence-electron chi connectivity index (χ0n) is 18.8. The molecule has 0 amide bonds. The number of rotatable bonds is 7. The first-order chi connectivity index (χ1) is 16.6. The number of aryl methyl sites for hydroxylation is 4. The van der Waals surface area contributed by atoms with Gasteiger partial charge < -0.3 is 0 Å². The van der Waals surface area contributed by atoms with E-state index in [4.69, 9.17) is 10.2 Å². The summed E-state index contributed by atoms with van der Waals surface area (Å²) in [6, 6.07) is 16.5. The van der Waals surface area contributed by atoms with Crippen molar-refractivity contribution in [1.29, 1.82) is 0 Å². The summed E-state index contributed by atoms with van der Waals surface area (Å²) >= 11 is 3.22. The Morgan fingerprint density at radius 1 is 0.647 bits per heavy atom. The molecule has 0 aliphatic rings. The second-order valence-corrected chi connectivity index (χ2v) is 10.5. The molecule has 0 radical (unpaired) electrons. The Labute approximate surface area is 204 Å². The van der Waals surface area contributed by atoms with Gasteiger partial charge in [0, 0.05) is 24.0 Å². The molecule has 6 aromatic rings. The smallest absolute Gasteiger partial charge is 0.183 e. The molecule has 0 aliphatic heterocycles. The molecule has 10 heteroatoms. The lowest BCUT2D eigenvalue weighted by molar-refractivity contribution is 0.710. The summed E-state index contributed by atoms with van der Waals surface area (Å²) in [5.74, 6) is 1.59. The SMILES string of the molecule is Cc1cccc(-c2nnc3sc(CCCCc4nn5c(-c6cccc(C)c6)nnc5s4)nn23)c1. The average molecular weight is 487 g/mol. The number of hydrogen-bond acceptors (Lipinski definition) is 8. The van der Waals surface area contributed by atoms with Crippen LogP contribution in [0.1, 0.15) is 34.0 Å². The number of fused-ring (bicyclic) bond motifs is 2. The quantitative estimate of drug-likeness (QED) is 0.288.